The summed E-state index contributed by atoms with van der Waals surface area (Å²) in [4.78, 5) is 26.2. The average molecular weight is 421 g/mol. The number of aromatic nitrogens is 3. The fraction of sp³-hybridized carbons (Fsp3) is 0.458. The maximum absolute atomic E-state index is 12.5. The van der Waals surface area contributed by atoms with Gasteiger partial charge >= 0.3 is 6.03 Å². The Morgan fingerprint density at radius 1 is 1.06 bits per heavy atom. The van der Waals surface area contributed by atoms with Crippen LogP contribution in [0.2, 0.25) is 0 Å². The number of urea groups is 1. The number of hydrogen-bond donors (Lipinski definition) is 1. The number of amides is 2. The number of piperazine rings is 1. The highest BCUT2D eigenvalue weighted by molar-refractivity contribution is 5.74. The molecular formula is C24H32N6O. The van der Waals surface area contributed by atoms with Gasteiger partial charge < -0.3 is 14.8 Å². The van der Waals surface area contributed by atoms with E-state index in [1.54, 1.807) is 0 Å². The number of aryl methyl sites for hydroxylation is 1. The lowest BCUT2D eigenvalue weighted by Gasteiger charge is -2.34. The Labute approximate surface area is 184 Å². The van der Waals surface area contributed by atoms with E-state index in [9.17, 15) is 4.79 Å². The number of fused-ring (bicyclic) bond motifs is 1. The van der Waals surface area contributed by atoms with Crippen molar-refractivity contribution in [2.75, 3.05) is 32.7 Å². The number of carbonyl (C=O) groups excluding carboxylic acids is 1. The van der Waals surface area contributed by atoms with Gasteiger partial charge in [-0.3, -0.25) is 4.90 Å². The number of carbonyl (C=O) groups is 1. The molecule has 0 saturated carbocycles. The van der Waals surface area contributed by atoms with Gasteiger partial charge in [-0.05, 0) is 24.6 Å². The summed E-state index contributed by atoms with van der Waals surface area (Å²) in [6.45, 7) is 12.0. The van der Waals surface area contributed by atoms with Gasteiger partial charge in [-0.25, -0.2) is 14.8 Å². The highest BCUT2D eigenvalue weighted by Crippen LogP contribution is 2.20. The molecule has 1 aliphatic heterocycles. The van der Waals surface area contributed by atoms with Gasteiger partial charge in [0.1, 0.15) is 11.3 Å². The first-order valence-electron chi connectivity index (χ1n) is 11.1. The Morgan fingerprint density at radius 2 is 1.81 bits per heavy atom. The summed E-state index contributed by atoms with van der Waals surface area (Å²) in [7, 11) is 0. The second kappa shape index (κ2) is 9.47. The van der Waals surface area contributed by atoms with E-state index in [0.29, 0.717) is 12.5 Å². The Morgan fingerprint density at radius 3 is 2.52 bits per heavy atom. The molecule has 1 fully saturated rings. The van der Waals surface area contributed by atoms with E-state index in [4.69, 9.17) is 4.98 Å². The molecule has 1 N–H and O–H groups in total. The molecule has 0 atom stereocenters. The Kier molecular flexibility index (Phi) is 6.51. The summed E-state index contributed by atoms with van der Waals surface area (Å²) in [6.07, 6.45) is 1.83. The molecule has 31 heavy (non-hydrogen) atoms. The van der Waals surface area contributed by atoms with Crippen molar-refractivity contribution < 1.29 is 4.79 Å². The van der Waals surface area contributed by atoms with Crippen LogP contribution in [0.3, 0.4) is 0 Å². The van der Waals surface area contributed by atoms with E-state index in [-0.39, 0.29) is 6.03 Å². The standard InChI is InChI=1S/C24H32N6O/c1-18(2)22-27-21-5-4-10-25-23(21)30(22)16-13-28-11-14-29(15-12-28)24(31)26-17-20-8-6-19(3)7-9-20/h4-10,18H,11-17H2,1-3H3,(H,26,31). The minimum Gasteiger partial charge on any atom is -0.334 e. The molecule has 7 heteroatoms. The normalized spacial score (nSPS) is 15.0. The molecule has 0 spiro atoms. The van der Waals surface area contributed by atoms with Crippen molar-refractivity contribution in [2.24, 2.45) is 0 Å². The molecule has 3 heterocycles. The number of nitrogens with one attached hydrogen (secondary N) is 1. The Bertz CT molecular complexity index is 1020. The SMILES string of the molecule is Cc1ccc(CNC(=O)N2CCN(CCn3c(C(C)C)nc4cccnc43)CC2)cc1. The molecule has 164 valence electrons. The first-order chi connectivity index (χ1) is 15.0. The van der Waals surface area contributed by atoms with Crippen molar-refractivity contribution in [3.8, 4) is 0 Å². The molecule has 2 aromatic heterocycles. The molecule has 2 amide bonds. The topological polar surface area (TPSA) is 66.3 Å². The molecule has 0 aliphatic carbocycles. The second-order valence-corrected chi connectivity index (χ2v) is 8.60. The number of hydrogen-bond acceptors (Lipinski definition) is 4. The second-order valence-electron chi connectivity index (χ2n) is 8.60. The van der Waals surface area contributed by atoms with Gasteiger partial charge in [0.15, 0.2) is 5.65 Å². The minimum atomic E-state index is 0.0205. The van der Waals surface area contributed by atoms with Gasteiger partial charge in [-0.1, -0.05) is 43.7 Å². The summed E-state index contributed by atoms with van der Waals surface area (Å²) in [5.41, 5.74) is 4.27. The van der Waals surface area contributed by atoms with Crippen LogP contribution in [0.15, 0.2) is 42.6 Å². The lowest BCUT2D eigenvalue weighted by atomic mass is 10.1. The zero-order valence-corrected chi connectivity index (χ0v) is 18.7. The third-order valence-electron chi connectivity index (χ3n) is 5.91. The molecule has 0 bridgehead atoms. The maximum atomic E-state index is 12.5. The van der Waals surface area contributed by atoms with E-state index in [1.807, 2.05) is 23.2 Å². The predicted molar refractivity (Wildman–Crippen MR) is 123 cm³/mol. The summed E-state index contributed by atoms with van der Waals surface area (Å²) in [6, 6.07) is 12.3. The van der Waals surface area contributed by atoms with Crippen LogP contribution in [0, 0.1) is 6.92 Å². The van der Waals surface area contributed by atoms with E-state index in [1.165, 1.54) is 5.56 Å². The van der Waals surface area contributed by atoms with Crippen molar-refractivity contribution in [1.82, 2.24) is 29.7 Å². The highest BCUT2D eigenvalue weighted by Gasteiger charge is 2.22. The average Bonchev–Trinajstić information content (AvgIpc) is 3.16. The van der Waals surface area contributed by atoms with Crippen molar-refractivity contribution in [2.45, 2.75) is 39.8 Å². The van der Waals surface area contributed by atoms with Crippen LogP contribution in [0.25, 0.3) is 11.2 Å². The Balaban J connectivity index is 1.28. The number of nitrogens with zero attached hydrogens (tertiary/aromatic N) is 5. The molecule has 0 unspecified atom stereocenters. The van der Waals surface area contributed by atoms with Crippen molar-refractivity contribution in [1.29, 1.82) is 0 Å². The van der Waals surface area contributed by atoms with Crippen molar-refractivity contribution in [3.05, 3.63) is 59.5 Å². The lowest BCUT2D eigenvalue weighted by Crippen LogP contribution is -2.52. The predicted octanol–water partition coefficient (Wildman–Crippen LogP) is 3.39. The molecule has 1 saturated heterocycles. The van der Waals surface area contributed by atoms with E-state index >= 15 is 0 Å². The monoisotopic (exact) mass is 420 g/mol. The van der Waals surface area contributed by atoms with Crippen LogP contribution < -0.4 is 5.32 Å². The van der Waals surface area contributed by atoms with Crippen LogP contribution in [0.5, 0.6) is 0 Å². The van der Waals surface area contributed by atoms with Crippen LogP contribution in [-0.2, 0) is 13.1 Å². The first kappa shape index (κ1) is 21.3. The minimum absolute atomic E-state index is 0.0205. The number of rotatable bonds is 6. The fourth-order valence-electron chi connectivity index (χ4n) is 4.05. The summed E-state index contributed by atoms with van der Waals surface area (Å²) in [5.74, 6) is 1.44. The maximum Gasteiger partial charge on any atom is 0.317 e. The zero-order valence-electron chi connectivity index (χ0n) is 18.7. The zero-order chi connectivity index (χ0) is 21.8. The van der Waals surface area contributed by atoms with Gasteiger partial charge in [0.2, 0.25) is 0 Å². The summed E-state index contributed by atoms with van der Waals surface area (Å²) < 4.78 is 2.25. The van der Waals surface area contributed by atoms with Crippen molar-refractivity contribution in [3.63, 3.8) is 0 Å². The molecule has 1 aromatic carbocycles. The van der Waals surface area contributed by atoms with E-state index in [0.717, 1.165) is 61.8 Å². The van der Waals surface area contributed by atoms with Gasteiger partial charge in [0.25, 0.3) is 0 Å². The highest BCUT2D eigenvalue weighted by atomic mass is 16.2. The van der Waals surface area contributed by atoms with Crippen LogP contribution >= 0.6 is 0 Å². The fourth-order valence-corrected chi connectivity index (χ4v) is 4.05. The Hall–Kier alpha value is -2.93. The van der Waals surface area contributed by atoms with E-state index in [2.05, 4.69) is 64.8 Å². The van der Waals surface area contributed by atoms with Crippen LogP contribution in [-0.4, -0.2) is 63.1 Å². The molecule has 7 nitrogen and oxygen atoms in total. The third-order valence-corrected chi connectivity index (χ3v) is 5.91. The van der Waals surface area contributed by atoms with Crippen LogP contribution in [0.1, 0.15) is 36.7 Å². The largest absolute Gasteiger partial charge is 0.334 e. The lowest BCUT2D eigenvalue weighted by molar-refractivity contribution is 0.136. The number of pyridine rings is 1. The van der Waals surface area contributed by atoms with Gasteiger partial charge in [0.05, 0.1) is 0 Å². The van der Waals surface area contributed by atoms with Gasteiger partial charge in [-0.15, -0.1) is 0 Å². The molecule has 0 radical (unpaired) electrons. The smallest absolute Gasteiger partial charge is 0.317 e. The third kappa shape index (κ3) is 5.05. The number of imidazole rings is 1. The van der Waals surface area contributed by atoms with E-state index < -0.39 is 0 Å². The summed E-state index contributed by atoms with van der Waals surface area (Å²) in [5, 5.41) is 3.05. The van der Waals surface area contributed by atoms with Crippen LogP contribution in [0.4, 0.5) is 4.79 Å². The molecule has 1 aliphatic rings. The van der Waals surface area contributed by atoms with Gasteiger partial charge in [0, 0.05) is 57.9 Å². The molecule has 4 rings (SSSR count). The van der Waals surface area contributed by atoms with Gasteiger partial charge in [-0.2, -0.15) is 0 Å². The summed E-state index contributed by atoms with van der Waals surface area (Å²) >= 11 is 0. The molecular weight excluding hydrogens is 388 g/mol. The number of benzene rings is 1. The first-order valence-corrected chi connectivity index (χ1v) is 11.1. The quantitative estimate of drug-likeness (QED) is 0.664. The molecule has 3 aromatic rings. The van der Waals surface area contributed by atoms with Crippen molar-refractivity contribution >= 4 is 17.2 Å².